The third-order valence-corrected chi connectivity index (χ3v) is 3.36. The van der Waals surface area contributed by atoms with E-state index in [-0.39, 0.29) is 12.0 Å². The minimum atomic E-state index is -0.472. The van der Waals surface area contributed by atoms with Crippen molar-refractivity contribution in [2.24, 2.45) is 5.73 Å². The van der Waals surface area contributed by atoms with Crippen molar-refractivity contribution in [1.29, 1.82) is 0 Å². The fraction of sp³-hybridized carbons (Fsp3) is 0.312. The van der Waals surface area contributed by atoms with Crippen LogP contribution in [0.2, 0.25) is 0 Å². The standard InChI is InChI=1S/C16H19N7O/c1-16(2,3)23-15(18-14(20-23)9-13(17)24)12-10-22(21-19-12)11-7-5-4-6-8-11/h4-8,10H,9H2,1-3H3,(H2,17,24). The molecule has 0 radical (unpaired) electrons. The van der Waals surface area contributed by atoms with E-state index in [1.165, 1.54) is 0 Å². The highest BCUT2D eigenvalue weighted by Gasteiger charge is 2.24. The van der Waals surface area contributed by atoms with Crippen LogP contribution in [0, 0.1) is 0 Å². The molecule has 0 spiro atoms. The van der Waals surface area contributed by atoms with E-state index in [4.69, 9.17) is 5.73 Å². The zero-order valence-corrected chi connectivity index (χ0v) is 13.8. The lowest BCUT2D eigenvalue weighted by Gasteiger charge is -2.20. The van der Waals surface area contributed by atoms with Gasteiger partial charge >= 0.3 is 0 Å². The third-order valence-electron chi connectivity index (χ3n) is 3.36. The Morgan fingerprint density at radius 2 is 1.92 bits per heavy atom. The fourth-order valence-corrected chi connectivity index (χ4v) is 2.29. The van der Waals surface area contributed by atoms with E-state index in [1.807, 2.05) is 51.1 Å². The Kier molecular flexibility index (Phi) is 3.88. The summed E-state index contributed by atoms with van der Waals surface area (Å²) in [5.41, 5.74) is 6.41. The number of benzene rings is 1. The first-order chi connectivity index (χ1) is 11.3. The average molecular weight is 325 g/mol. The highest BCUT2D eigenvalue weighted by molar-refractivity contribution is 5.75. The van der Waals surface area contributed by atoms with Crippen LogP contribution in [0.25, 0.3) is 17.2 Å². The molecule has 0 saturated carbocycles. The van der Waals surface area contributed by atoms with Crippen LogP contribution in [-0.2, 0) is 16.8 Å². The number of nitrogens with zero attached hydrogens (tertiary/aromatic N) is 6. The van der Waals surface area contributed by atoms with Gasteiger partial charge in [0.1, 0.15) is 0 Å². The Labute approximate surface area is 139 Å². The summed E-state index contributed by atoms with van der Waals surface area (Å²) >= 11 is 0. The number of carbonyl (C=O) groups excluding carboxylic acids is 1. The second-order valence-corrected chi connectivity index (χ2v) is 6.46. The summed E-state index contributed by atoms with van der Waals surface area (Å²) in [5.74, 6) is 0.461. The van der Waals surface area contributed by atoms with Crippen LogP contribution in [0.5, 0.6) is 0 Å². The van der Waals surface area contributed by atoms with Crippen molar-refractivity contribution in [2.45, 2.75) is 32.7 Å². The van der Waals surface area contributed by atoms with Gasteiger partial charge in [0.25, 0.3) is 0 Å². The van der Waals surface area contributed by atoms with Crippen LogP contribution < -0.4 is 5.73 Å². The van der Waals surface area contributed by atoms with Gasteiger partial charge in [-0.3, -0.25) is 4.79 Å². The molecular formula is C16H19N7O. The van der Waals surface area contributed by atoms with Crippen molar-refractivity contribution in [3.8, 4) is 17.2 Å². The second-order valence-electron chi connectivity index (χ2n) is 6.46. The van der Waals surface area contributed by atoms with Gasteiger partial charge in [0.15, 0.2) is 17.3 Å². The first-order valence-corrected chi connectivity index (χ1v) is 7.57. The molecule has 0 bridgehead atoms. The van der Waals surface area contributed by atoms with Crippen molar-refractivity contribution in [3.63, 3.8) is 0 Å². The molecule has 3 aromatic rings. The molecule has 0 unspecified atom stereocenters. The van der Waals surface area contributed by atoms with Crippen LogP contribution in [-0.4, -0.2) is 35.7 Å². The molecule has 0 aliphatic heterocycles. The molecule has 24 heavy (non-hydrogen) atoms. The number of amides is 1. The lowest BCUT2D eigenvalue weighted by Crippen LogP contribution is -2.24. The van der Waals surface area contributed by atoms with Gasteiger partial charge < -0.3 is 5.73 Å². The number of carbonyl (C=O) groups is 1. The monoisotopic (exact) mass is 325 g/mol. The number of para-hydroxylation sites is 1. The van der Waals surface area contributed by atoms with Gasteiger partial charge in [-0.2, -0.15) is 5.10 Å². The van der Waals surface area contributed by atoms with E-state index in [0.29, 0.717) is 17.3 Å². The van der Waals surface area contributed by atoms with Crippen LogP contribution in [0.15, 0.2) is 36.5 Å². The molecule has 2 aromatic heterocycles. The smallest absolute Gasteiger partial charge is 0.225 e. The zero-order valence-electron chi connectivity index (χ0n) is 13.8. The Balaban J connectivity index is 2.04. The maximum atomic E-state index is 11.2. The topological polar surface area (TPSA) is 105 Å². The molecule has 2 heterocycles. The minimum absolute atomic E-state index is 0.0110. The van der Waals surface area contributed by atoms with Crippen molar-refractivity contribution >= 4 is 5.91 Å². The van der Waals surface area contributed by atoms with E-state index in [0.717, 1.165) is 5.69 Å². The van der Waals surface area contributed by atoms with E-state index < -0.39 is 5.91 Å². The Hall–Kier alpha value is -3.03. The highest BCUT2D eigenvalue weighted by atomic mass is 16.1. The normalized spacial score (nSPS) is 11.6. The number of primary amides is 1. The second kappa shape index (κ2) is 5.88. The van der Waals surface area contributed by atoms with Crippen LogP contribution in [0.4, 0.5) is 0 Å². The van der Waals surface area contributed by atoms with Crippen LogP contribution >= 0.6 is 0 Å². The zero-order chi connectivity index (χ0) is 17.3. The van der Waals surface area contributed by atoms with Crippen molar-refractivity contribution in [3.05, 3.63) is 42.4 Å². The molecule has 8 nitrogen and oxygen atoms in total. The summed E-state index contributed by atoms with van der Waals surface area (Å²) in [7, 11) is 0. The molecule has 8 heteroatoms. The molecule has 1 aromatic carbocycles. The molecule has 3 rings (SSSR count). The van der Waals surface area contributed by atoms with E-state index in [1.54, 1.807) is 15.6 Å². The maximum absolute atomic E-state index is 11.2. The fourth-order valence-electron chi connectivity index (χ4n) is 2.29. The summed E-state index contributed by atoms with van der Waals surface area (Å²) in [4.78, 5) is 15.6. The summed E-state index contributed by atoms with van der Waals surface area (Å²) in [5, 5.41) is 12.8. The summed E-state index contributed by atoms with van der Waals surface area (Å²) in [6, 6.07) is 9.67. The van der Waals surface area contributed by atoms with Crippen LogP contribution in [0.1, 0.15) is 26.6 Å². The Morgan fingerprint density at radius 1 is 1.21 bits per heavy atom. The number of rotatable bonds is 4. The van der Waals surface area contributed by atoms with E-state index >= 15 is 0 Å². The molecule has 0 saturated heterocycles. The Morgan fingerprint density at radius 3 is 2.54 bits per heavy atom. The quantitative estimate of drug-likeness (QED) is 0.778. The predicted octanol–water partition coefficient (Wildman–Crippen LogP) is 1.31. The van der Waals surface area contributed by atoms with Gasteiger partial charge in [0, 0.05) is 0 Å². The summed E-state index contributed by atoms with van der Waals surface area (Å²) in [6.45, 7) is 6.00. The molecule has 0 aliphatic carbocycles. The molecule has 124 valence electrons. The maximum Gasteiger partial charge on any atom is 0.225 e. The lowest BCUT2D eigenvalue weighted by atomic mass is 10.1. The van der Waals surface area contributed by atoms with Crippen molar-refractivity contribution in [2.75, 3.05) is 0 Å². The first-order valence-electron chi connectivity index (χ1n) is 7.57. The lowest BCUT2D eigenvalue weighted by molar-refractivity contribution is -0.117. The molecule has 0 fully saturated rings. The van der Waals surface area contributed by atoms with Crippen LogP contribution in [0.3, 0.4) is 0 Å². The number of nitrogens with two attached hydrogens (primary N) is 1. The summed E-state index contributed by atoms with van der Waals surface area (Å²) < 4.78 is 3.41. The van der Waals surface area contributed by atoms with E-state index in [9.17, 15) is 4.79 Å². The largest absolute Gasteiger partial charge is 0.369 e. The van der Waals surface area contributed by atoms with Gasteiger partial charge in [-0.15, -0.1) is 5.10 Å². The molecule has 0 aliphatic rings. The van der Waals surface area contributed by atoms with E-state index in [2.05, 4.69) is 20.4 Å². The highest BCUT2D eigenvalue weighted by Crippen LogP contribution is 2.23. The predicted molar refractivity (Wildman–Crippen MR) is 88.3 cm³/mol. The average Bonchev–Trinajstić information content (AvgIpc) is 3.13. The molecule has 2 N–H and O–H groups in total. The van der Waals surface area contributed by atoms with Crippen molar-refractivity contribution in [1.82, 2.24) is 29.8 Å². The number of aromatic nitrogens is 6. The van der Waals surface area contributed by atoms with Gasteiger partial charge in [0.05, 0.1) is 23.8 Å². The van der Waals surface area contributed by atoms with Gasteiger partial charge in [-0.05, 0) is 32.9 Å². The third kappa shape index (κ3) is 3.17. The van der Waals surface area contributed by atoms with Gasteiger partial charge in [-0.1, -0.05) is 23.4 Å². The molecular weight excluding hydrogens is 306 g/mol. The first kappa shape index (κ1) is 15.9. The summed E-state index contributed by atoms with van der Waals surface area (Å²) in [6.07, 6.45) is 1.78. The Bertz CT molecular complexity index is 858. The molecule has 1 amide bonds. The van der Waals surface area contributed by atoms with Gasteiger partial charge in [-0.25, -0.2) is 14.3 Å². The number of hydrogen-bond acceptors (Lipinski definition) is 5. The SMILES string of the molecule is CC(C)(C)n1nc(CC(N)=O)nc1-c1cn(-c2ccccc2)nn1. The minimum Gasteiger partial charge on any atom is -0.369 e. The van der Waals surface area contributed by atoms with Gasteiger partial charge in [0.2, 0.25) is 5.91 Å². The van der Waals surface area contributed by atoms with Crippen molar-refractivity contribution < 1.29 is 4.79 Å². The number of hydrogen-bond donors (Lipinski definition) is 1. The molecule has 0 atom stereocenters.